The molecular weight excluding hydrogens is 383 g/mol. The molecule has 1 amide bonds. The summed E-state index contributed by atoms with van der Waals surface area (Å²) in [6.07, 6.45) is 2.38. The average Bonchev–Trinajstić information content (AvgIpc) is 3.11. The van der Waals surface area contributed by atoms with Crippen molar-refractivity contribution in [2.24, 2.45) is 0 Å². The van der Waals surface area contributed by atoms with Gasteiger partial charge in [-0.15, -0.1) is 22.7 Å². The SMILES string of the molecule is Cc1scc(C(=O)Nc2ncc(Cc3cc(Cl)ccc3Cl)s2)c1C. The van der Waals surface area contributed by atoms with Gasteiger partial charge < -0.3 is 0 Å². The Balaban J connectivity index is 1.73. The molecule has 0 aliphatic carbocycles. The second-order valence-corrected chi connectivity index (χ2v) is 8.37. The zero-order valence-electron chi connectivity index (χ0n) is 13.0. The summed E-state index contributed by atoms with van der Waals surface area (Å²) in [6.45, 7) is 3.96. The number of thiazole rings is 1. The van der Waals surface area contributed by atoms with E-state index >= 15 is 0 Å². The number of hydrogen-bond acceptors (Lipinski definition) is 4. The van der Waals surface area contributed by atoms with Crippen LogP contribution in [0.5, 0.6) is 0 Å². The zero-order chi connectivity index (χ0) is 17.3. The van der Waals surface area contributed by atoms with Crippen LogP contribution in [0.25, 0.3) is 0 Å². The topological polar surface area (TPSA) is 42.0 Å². The van der Waals surface area contributed by atoms with E-state index in [1.807, 2.05) is 25.3 Å². The van der Waals surface area contributed by atoms with Crippen molar-refractivity contribution in [3.8, 4) is 0 Å². The van der Waals surface area contributed by atoms with Crippen molar-refractivity contribution in [3.05, 3.63) is 66.3 Å². The van der Waals surface area contributed by atoms with Gasteiger partial charge >= 0.3 is 0 Å². The molecule has 3 rings (SSSR count). The molecule has 0 saturated carbocycles. The second-order valence-electron chi connectivity index (χ2n) is 5.33. The van der Waals surface area contributed by atoms with Gasteiger partial charge in [-0.2, -0.15) is 0 Å². The molecule has 0 radical (unpaired) electrons. The van der Waals surface area contributed by atoms with Crippen LogP contribution >= 0.6 is 45.9 Å². The number of rotatable bonds is 4. The van der Waals surface area contributed by atoms with E-state index < -0.39 is 0 Å². The van der Waals surface area contributed by atoms with Gasteiger partial charge in [0, 0.05) is 37.8 Å². The molecule has 0 aliphatic heterocycles. The minimum absolute atomic E-state index is 0.126. The van der Waals surface area contributed by atoms with E-state index in [4.69, 9.17) is 23.2 Å². The first-order valence-electron chi connectivity index (χ1n) is 7.18. The Bertz CT molecular complexity index is 902. The Morgan fingerprint density at radius 2 is 2.08 bits per heavy atom. The lowest BCUT2D eigenvalue weighted by Gasteiger charge is -2.03. The first-order chi connectivity index (χ1) is 11.4. The Morgan fingerprint density at radius 1 is 1.29 bits per heavy atom. The van der Waals surface area contributed by atoms with Crippen LogP contribution in [0.15, 0.2) is 29.8 Å². The summed E-state index contributed by atoms with van der Waals surface area (Å²) in [7, 11) is 0. The van der Waals surface area contributed by atoms with Crippen LogP contribution < -0.4 is 5.32 Å². The average molecular weight is 397 g/mol. The number of carbonyl (C=O) groups excluding carboxylic acids is 1. The van der Waals surface area contributed by atoms with Gasteiger partial charge in [0.15, 0.2) is 5.13 Å². The number of halogens is 2. The summed E-state index contributed by atoms with van der Waals surface area (Å²) in [4.78, 5) is 18.8. The summed E-state index contributed by atoms with van der Waals surface area (Å²) in [5, 5.41) is 6.63. The van der Waals surface area contributed by atoms with Crippen molar-refractivity contribution in [2.75, 3.05) is 5.32 Å². The number of anilines is 1. The summed E-state index contributed by atoms with van der Waals surface area (Å²) in [5.41, 5.74) is 2.65. The van der Waals surface area contributed by atoms with Crippen LogP contribution in [0.1, 0.15) is 31.2 Å². The standard InChI is InChI=1S/C17H14Cl2N2OS2/c1-9-10(2)23-8-14(9)16(22)21-17-20-7-13(24-17)6-11-5-12(18)3-4-15(11)19/h3-5,7-8H,6H2,1-2H3,(H,20,21,22). The fraction of sp³-hybridized carbons (Fsp3) is 0.176. The second kappa shape index (κ2) is 7.23. The third kappa shape index (κ3) is 3.81. The van der Waals surface area contributed by atoms with Crippen LogP contribution in [-0.2, 0) is 6.42 Å². The molecule has 0 bridgehead atoms. The van der Waals surface area contributed by atoms with Gasteiger partial charge in [-0.1, -0.05) is 23.2 Å². The minimum atomic E-state index is -0.126. The molecule has 0 spiro atoms. The van der Waals surface area contributed by atoms with Gasteiger partial charge in [0.25, 0.3) is 5.91 Å². The maximum absolute atomic E-state index is 12.3. The van der Waals surface area contributed by atoms with Crippen molar-refractivity contribution in [1.29, 1.82) is 0 Å². The lowest BCUT2D eigenvalue weighted by Crippen LogP contribution is -2.11. The highest BCUT2D eigenvalue weighted by Crippen LogP contribution is 2.28. The number of thiophene rings is 1. The molecular formula is C17H14Cl2N2OS2. The maximum Gasteiger partial charge on any atom is 0.258 e. The third-order valence-electron chi connectivity index (χ3n) is 3.68. The fourth-order valence-electron chi connectivity index (χ4n) is 2.22. The highest BCUT2D eigenvalue weighted by Gasteiger charge is 2.14. The number of amides is 1. The minimum Gasteiger partial charge on any atom is -0.298 e. The van der Waals surface area contributed by atoms with Crippen molar-refractivity contribution < 1.29 is 4.79 Å². The molecule has 2 heterocycles. The van der Waals surface area contributed by atoms with Gasteiger partial charge in [-0.3, -0.25) is 10.1 Å². The van der Waals surface area contributed by atoms with Crippen LogP contribution in [0.2, 0.25) is 10.0 Å². The molecule has 1 N–H and O–H groups in total. The number of aromatic nitrogens is 1. The molecule has 7 heteroatoms. The Morgan fingerprint density at radius 3 is 2.79 bits per heavy atom. The Kier molecular flexibility index (Phi) is 5.25. The zero-order valence-corrected chi connectivity index (χ0v) is 16.2. The van der Waals surface area contributed by atoms with Gasteiger partial charge in [-0.25, -0.2) is 4.98 Å². The molecule has 0 saturated heterocycles. The lowest BCUT2D eigenvalue weighted by atomic mass is 10.1. The highest BCUT2D eigenvalue weighted by molar-refractivity contribution is 7.15. The third-order valence-corrected chi connectivity index (χ3v) is 6.21. The van der Waals surface area contributed by atoms with E-state index in [1.54, 1.807) is 29.7 Å². The summed E-state index contributed by atoms with van der Waals surface area (Å²) in [6, 6.07) is 5.39. The molecule has 3 aromatic rings. The van der Waals surface area contributed by atoms with E-state index in [0.29, 0.717) is 27.2 Å². The van der Waals surface area contributed by atoms with Crippen LogP contribution in [-0.4, -0.2) is 10.9 Å². The smallest absolute Gasteiger partial charge is 0.258 e. The van der Waals surface area contributed by atoms with Crippen molar-refractivity contribution in [1.82, 2.24) is 4.98 Å². The molecule has 24 heavy (non-hydrogen) atoms. The first-order valence-corrected chi connectivity index (χ1v) is 9.64. The predicted octanol–water partition coefficient (Wildman–Crippen LogP) is 5.97. The summed E-state index contributed by atoms with van der Waals surface area (Å²) < 4.78 is 0. The van der Waals surface area contributed by atoms with E-state index in [2.05, 4.69) is 10.3 Å². The molecule has 1 aromatic carbocycles. The van der Waals surface area contributed by atoms with Gasteiger partial charge in [0.2, 0.25) is 0 Å². The normalized spacial score (nSPS) is 10.8. The fourth-order valence-corrected chi connectivity index (χ4v) is 4.29. The number of nitrogens with one attached hydrogen (secondary N) is 1. The van der Waals surface area contributed by atoms with Crippen LogP contribution in [0.3, 0.4) is 0 Å². The molecule has 2 aromatic heterocycles. The predicted molar refractivity (Wildman–Crippen MR) is 103 cm³/mol. The molecule has 0 unspecified atom stereocenters. The van der Waals surface area contributed by atoms with Crippen molar-refractivity contribution in [3.63, 3.8) is 0 Å². The van der Waals surface area contributed by atoms with E-state index in [9.17, 15) is 4.79 Å². The van der Waals surface area contributed by atoms with E-state index in [-0.39, 0.29) is 5.91 Å². The lowest BCUT2D eigenvalue weighted by molar-refractivity contribution is 0.102. The first kappa shape index (κ1) is 17.4. The number of benzene rings is 1. The maximum atomic E-state index is 12.3. The number of aryl methyl sites for hydroxylation is 1. The molecule has 0 aliphatic rings. The highest BCUT2D eigenvalue weighted by atomic mass is 35.5. The van der Waals surface area contributed by atoms with Crippen molar-refractivity contribution in [2.45, 2.75) is 20.3 Å². The van der Waals surface area contributed by atoms with Gasteiger partial charge in [0.1, 0.15) is 0 Å². The van der Waals surface area contributed by atoms with Gasteiger partial charge in [0.05, 0.1) is 5.56 Å². The quantitative estimate of drug-likeness (QED) is 0.589. The number of carbonyl (C=O) groups is 1. The molecule has 3 nitrogen and oxygen atoms in total. The van der Waals surface area contributed by atoms with Crippen LogP contribution in [0.4, 0.5) is 5.13 Å². The molecule has 0 atom stereocenters. The number of nitrogens with zero attached hydrogens (tertiary/aromatic N) is 1. The Labute approximate surface area is 158 Å². The Hall–Kier alpha value is -1.40. The molecule has 124 valence electrons. The van der Waals surface area contributed by atoms with Crippen LogP contribution in [0, 0.1) is 13.8 Å². The van der Waals surface area contributed by atoms with Gasteiger partial charge in [-0.05, 0) is 43.2 Å². The largest absolute Gasteiger partial charge is 0.298 e. The monoisotopic (exact) mass is 396 g/mol. The molecule has 0 fully saturated rings. The van der Waals surface area contributed by atoms with Crippen molar-refractivity contribution >= 4 is 56.9 Å². The summed E-state index contributed by atoms with van der Waals surface area (Å²) >= 11 is 15.2. The van der Waals surface area contributed by atoms with E-state index in [1.165, 1.54) is 11.3 Å². The van der Waals surface area contributed by atoms with E-state index in [0.717, 1.165) is 20.9 Å². The number of hydrogen-bond donors (Lipinski definition) is 1. The summed E-state index contributed by atoms with van der Waals surface area (Å²) in [5.74, 6) is -0.126.